The molecule has 0 unspecified atom stereocenters. The molecule has 0 radical (unpaired) electrons. The largest absolute Gasteiger partial charge is 0.253 e. The van der Waals surface area contributed by atoms with E-state index in [1.54, 1.807) is 6.08 Å². The Kier molecular flexibility index (Phi) is 3.38. The molecule has 0 spiro atoms. The summed E-state index contributed by atoms with van der Waals surface area (Å²) < 4.78 is 0. The van der Waals surface area contributed by atoms with E-state index in [2.05, 4.69) is 50.8 Å². The van der Waals surface area contributed by atoms with Gasteiger partial charge in [-0.3, -0.25) is 4.98 Å². The van der Waals surface area contributed by atoms with E-state index in [-0.39, 0.29) is 0 Å². The van der Waals surface area contributed by atoms with Gasteiger partial charge in [0.15, 0.2) is 0 Å². The van der Waals surface area contributed by atoms with Crippen molar-refractivity contribution >= 4 is 17.0 Å². The number of benzene rings is 1. The Morgan fingerprint density at radius 1 is 1.24 bits per heavy atom. The fraction of sp³-hybridized carbons (Fsp3) is 0.188. The number of nitrogens with zero attached hydrogens (tertiary/aromatic N) is 1. The van der Waals surface area contributed by atoms with Crippen molar-refractivity contribution < 1.29 is 0 Å². The lowest BCUT2D eigenvalue weighted by Gasteiger charge is -2.06. The fourth-order valence-electron chi connectivity index (χ4n) is 1.94. The van der Waals surface area contributed by atoms with Crippen LogP contribution in [-0.4, -0.2) is 4.98 Å². The molecule has 86 valence electrons. The van der Waals surface area contributed by atoms with Crippen molar-refractivity contribution in [2.24, 2.45) is 0 Å². The van der Waals surface area contributed by atoms with E-state index >= 15 is 0 Å². The molecule has 1 aromatic heterocycles. The molecule has 0 amide bonds. The van der Waals surface area contributed by atoms with Crippen LogP contribution in [0.3, 0.4) is 0 Å². The molecule has 2 rings (SSSR count). The lowest BCUT2D eigenvalue weighted by atomic mass is 10.0. The van der Waals surface area contributed by atoms with Crippen LogP contribution < -0.4 is 0 Å². The number of rotatable bonds is 3. The van der Waals surface area contributed by atoms with Gasteiger partial charge in [-0.1, -0.05) is 49.9 Å². The van der Waals surface area contributed by atoms with Crippen molar-refractivity contribution in [1.29, 1.82) is 0 Å². The summed E-state index contributed by atoms with van der Waals surface area (Å²) in [5, 5.41) is 1.20. The van der Waals surface area contributed by atoms with Crippen LogP contribution >= 0.6 is 0 Å². The smallest absolute Gasteiger partial charge is 0.0740 e. The zero-order valence-corrected chi connectivity index (χ0v) is 10.4. The summed E-state index contributed by atoms with van der Waals surface area (Å²) in [6, 6.07) is 8.50. The Bertz CT molecular complexity index is 579. The molecule has 0 aliphatic rings. The lowest BCUT2D eigenvalue weighted by molar-refractivity contribution is 1.05. The molecule has 1 heteroatoms. The minimum atomic E-state index is 0.974. The Hall–Kier alpha value is -1.89. The first-order chi connectivity index (χ1) is 8.26. The van der Waals surface area contributed by atoms with Crippen molar-refractivity contribution in [3.63, 3.8) is 0 Å². The molecule has 0 N–H and O–H groups in total. The van der Waals surface area contributed by atoms with Crippen LogP contribution in [0.15, 0.2) is 43.0 Å². The molecule has 0 aliphatic carbocycles. The number of aromatic nitrogens is 1. The van der Waals surface area contributed by atoms with E-state index in [0.717, 1.165) is 17.6 Å². The fourth-order valence-corrected chi connectivity index (χ4v) is 1.94. The highest BCUT2D eigenvalue weighted by atomic mass is 14.7. The van der Waals surface area contributed by atoms with E-state index in [0.29, 0.717) is 0 Å². The molecule has 2 aromatic rings. The minimum absolute atomic E-state index is 0.974. The van der Waals surface area contributed by atoms with Gasteiger partial charge in [0, 0.05) is 11.1 Å². The number of hydrogen-bond acceptors (Lipinski definition) is 1. The molecule has 0 aliphatic heterocycles. The summed E-state index contributed by atoms with van der Waals surface area (Å²) >= 11 is 0. The number of fused-ring (bicyclic) bond motifs is 1. The molecule has 1 aromatic carbocycles. The van der Waals surface area contributed by atoms with Crippen molar-refractivity contribution in [2.75, 3.05) is 0 Å². The Balaban J connectivity index is 2.63. The van der Waals surface area contributed by atoms with Gasteiger partial charge < -0.3 is 0 Å². The van der Waals surface area contributed by atoms with Crippen LogP contribution in [0.5, 0.6) is 0 Å². The Morgan fingerprint density at radius 2 is 2.00 bits per heavy atom. The van der Waals surface area contributed by atoms with E-state index < -0.39 is 0 Å². The molecule has 0 saturated carbocycles. The number of pyridine rings is 1. The summed E-state index contributed by atoms with van der Waals surface area (Å²) in [4.78, 5) is 4.70. The highest BCUT2D eigenvalue weighted by Crippen LogP contribution is 2.21. The van der Waals surface area contributed by atoms with Gasteiger partial charge in [0.2, 0.25) is 0 Å². The maximum absolute atomic E-state index is 4.70. The average molecular weight is 223 g/mol. The highest BCUT2D eigenvalue weighted by molar-refractivity contribution is 5.85. The van der Waals surface area contributed by atoms with Crippen LogP contribution in [0, 0.1) is 6.92 Å². The molecular formula is C16H17N. The Morgan fingerprint density at radius 3 is 2.71 bits per heavy atom. The summed E-state index contributed by atoms with van der Waals surface area (Å²) in [5.41, 5.74) is 4.69. The van der Waals surface area contributed by atoms with Crippen molar-refractivity contribution in [2.45, 2.75) is 20.3 Å². The number of allylic oxidation sites excluding steroid dienone is 2. The standard InChI is InChI=1S/C16H17N/c1-4-6-7-13-8-9-14-10-11-15(5-2)17-16(14)12(13)3/h4,6-11H,1,5H2,2-3H3/b7-6-. The van der Waals surface area contributed by atoms with Crippen LogP contribution in [0.1, 0.15) is 23.7 Å². The third-order valence-corrected chi connectivity index (χ3v) is 2.99. The molecule has 17 heavy (non-hydrogen) atoms. The van der Waals surface area contributed by atoms with Gasteiger partial charge >= 0.3 is 0 Å². The number of aryl methyl sites for hydroxylation is 2. The van der Waals surface area contributed by atoms with Crippen LogP contribution in [0.25, 0.3) is 17.0 Å². The summed E-state index contributed by atoms with van der Waals surface area (Å²) in [5.74, 6) is 0. The minimum Gasteiger partial charge on any atom is -0.253 e. The van der Waals surface area contributed by atoms with Crippen LogP contribution in [-0.2, 0) is 6.42 Å². The van der Waals surface area contributed by atoms with Crippen molar-refractivity contribution in [3.8, 4) is 0 Å². The van der Waals surface area contributed by atoms with Crippen LogP contribution in [0.2, 0.25) is 0 Å². The van der Waals surface area contributed by atoms with Gasteiger partial charge in [-0.2, -0.15) is 0 Å². The third-order valence-electron chi connectivity index (χ3n) is 2.99. The molecular weight excluding hydrogens is 206 g/mol. The monoisotopic (exact) mass is 223 g/mol. The molecule has 0 saturated heterocycles. The average Bonchev–Trinajstić information content (AvgIpc) is 2.38. The highest BCUT2D eigenvalue weighted by Gasteiger charge is 2.03. The topological polar surface area (TPSA) is 12.9 Å². The van der Waals surface area contributed by atoms with Gasteiger partial charge in [-0.05, 0) is 30.5 Å². The molecule has 1 nitrogen and oxygen atoms in total. The molecule has 1 heterocycles. The molecule has 0 fully saturated rings. The predicted octanol–water partition coefficient (Wildman–Crippen LogP) is 4.30. The first-order valence-electron chi connectivity index (χ1n) is 5.94. The molecule has 0 bridgehead atoms. The summed E-state index contributed by atoms with van der Waals surface area (Å²) in [6.07, 6.45) is 6.79. The summed E-state index contributed by atoms with van der Waals surface area (Å²) in [7, 11) is 0. The van der Waals surface area contributed by atoms with Gasteiger partial charge in [0.05, 0.1) is 5.52 Å². The summed E-state index contributed by atoms with van der Waals surface area (Å²) in [6.45, 7) is 7.95. The second-order valence-electron chi connectivity index (χ2n) is 4.10. The normalized spacial score (nSPS) is 11.2. The third kappa shape index (κ3) is 2.28. The van der Waals surface area contributed by atoms with Gasteiger partial charge in [-0.25, -0.2) is 0 Å². The van der Waals surface area contributed by atoms with Crippen LogP contribution in [0.4, 0.5) is 0 Å². The second-order valence-corrected chi connectivity index (χ2v) is 4.10. The quantitative estimate of drug-likeness (QED) is 0.707. The lowest BCUT2D eigenvalue weighted by Crippen LogP contribution is -1.91. The maximum atomic E-state index is 4.70. The zero-order valence-electron chi connectivity index (χ0n) is 10.4. The SMILES string of the molecule is C=C/C=C\c1ccc2ccc(CC)nc2c1C. The predicted molar refractivity (Wildman–Crippen MR) is 75.1 cm³/mol. The zero-order chi connectivity index (χ0) is 12.3. The first kappa shape index (κ1) is 11.6. The van der Waals surface area contributed by atoms with E-state index in [9.17, 15) is 0 Å². The van der Waals surface area contributed by atoms with Crippen molar-refractivity contribution in [3.05, 3.63) is 59.8 Å². The second kappa shape index (κ2) is 4.96. The van der Waals surface area contributed by atoms with Crippen molar-refractivity contribution in [1.82, 2.24) is 4.98 Å². The maximum Gasteiger partial charge on any atom is 0.0740 e. The Labute approximate surface area is 103 Å². The first-order valence-corrected chi connectivity index (χ1v) is 5.94. The van der Waals surface area contributed by atoms with E-state index in [4.69, 9.17) is 4.98 Å². The van der Waals surface area contributed by atoms with Gasteiger partial charge in [0.25, 0.3) is 0 Å². The number of hydrogen-bond donors (Lipinski definition) is 0. The molecule has 0 atom stereocenters. The van der Waals surface area contributed by atoms with E-state index in [1.807, 2.05) is 6.08 Å². The van der Waals surface area contributed by atoms with Gasteiger partial charge in [-0.15, -0.1) is 0 Å². The van der Waals surface area contributed by atoms with E-state index in [1.165, 1.54) is 16.5 Å². The van der Waals surface area contributed by atoms with Gasteiger partial charge in [0.1, 0.15) is 0 Å².